The lowest BCUT2D eigenvalue weighted by Crippen LogP contribution is -1.99. The first-order chi connectivity index (χ1) is 9.13. The predicted molar refractivity (Wildman–Crippen MR) is 73.6 cm³/mol. The monoisotopic (exact) mass is 262 g/mol. The Labute approximate surface area is 111 Å². The predicted octanol–water partition coefficient (Wildman–Crippen LogP) is 3.17. The van der Waals surface area contributed by atoms with E-state index in [1.165, 1.54) is 12.1 Å². The lowest BCUT2D eigenvalue weighted by Gasteiger charge is -2.14. The lowest BCUT2D eigenvalue weighted by molar-refractivity contribution is 0.355. The van der Waals surface area contributed by atoms with Crippen molar-refractivity contribution < 1.29 is 13.9 Å². The third kappa shape index (κ3) is 2.88. The van der Waals surface area contributed by atoms with Gasteiger partial charge in [0.1, 0.15) is 5.82 Å². The second kappa shape index (κ2) is 5.48. The minimum atomic E-state index is -0.286. The van der Waals surface area contributed by atoms with Crippen molar-refractivity contribution >= 4 is 17.1 Å². The van der Waals surface area contributed by atoms with Crippen LogP contribution < -0.4 is 20.5 Å². The molecule has 0 atom stereocenters. The van der Waals surface area contributed by atoms with E-state index < -0.39 is 0 Å². The van der Waals surface area contributed by atoms with Crippen LogP contribution >= 0.6 is 0 Å². The van der Waals surface area contributed by atoms with Crippen molar-refractivity contribution in [3.8, 4) is 11.5 Å². The first-order valence-corrected chi connectivity index (χ1v) is 5.68. The molecule has 5 heteroatoms. The van der Waals surface area contributed by atoms with Crippen LogP contribution in [0.15, 0.2) is 36.4 Å². The molecule has 0 saturated carbocycles. The van der Waals surface area contributed by atoms with Gasteiger partial charge in [0.2, 0.25) is 0 Å². The Balaban J connectivity index is 2.32. The molecular formula is C14H15FN2O2. The number of hydrogen-bond acceptors (Lipinski definition) is 4. The molecule has 0 aliphatic heterocycles. The van der Waals surface area contributed by atoms with E-state index in [0.29, 0.717) is 22.9 Å². The summed E-state index contributed by atoms with van der Waals surface area (Å²) in [4.78, 5) is 0. The van der Waals surface area contributed by atoms with Gasteiger partial charge < -0.3 is 20.5 Å². The molecule has 0 bridgehead atoms. The number of rotatable bonds is 4. The number of benzene rings is 2. The van der Waals surface area contributed by atoms with Crippen LogP contribution in [0.5, 0.6) is 11.5 Å². The SMILES string of the molecule is COc1cc(N)c(Nc2ccc(F)cc2)cc1OC. The zero-order valence-corrected chi connectivity index (χ0v) is 10.7. The Hall–Kier alpha value is -2.43. The van der Waals surface area contributed by atoms with Gasteiger partial charge in [-0.05, 0) is 24.3 Å². The van der Waals surface area contributed by atoms with Gasteiger partial charge in [-0.25, -0.2) is 4.39 Å². The summed E-state index contributed by atoms with van der Waals surface area (Å²) in [6.45, 7) is 0. The van der Waals surface area contributed by atoms with E-state index in [4.69, 9.17) is 15.2 Å². The van der Waals surface area contributed by atoms with Gasteiger partial charge in [0.15, 0.2) is 11.5 Å². The summed E-state index contributed by atoms with van der Waals surface area (Å²) < 4.78 is 23.2. The highest BCUT2D eigenvalue weighted by atomic mass is 19.1. The molecular weight excluding hydrogens is 247 g/mol. The molecule has 3 N–H and O–H groups in total. The van der Waals surface area contributed by atoms with E-state index in [9.17, 15) is 4.39 Å². The van der Waals surface area contributed by atoms with Gasteiger partial charge in [-0.15, -0.1) is 0 Å². The molecule has 0 amide bonds. The maximum Gasteiger partial charge on any atom is 0.162 e. The number of nitrogen functional groups attached to an aromatic ring is 1. The first kappa shape index (κ1) is 13.0. The highest BCUT2D eigenvalue weighted by Crippen LogP contribution is 2.36. The normalized spacial score (nSPS) is 10.1. The number of nitrogens with two attached hydrogens (primary N) is 1. The molecule has 0 saturated heterocycles. The van der Waals surface area contributed by atoms with Gasteiger partial charge in [0.05, 0.1) is 25.6 Å². The van der Waals surface area contributed by atoms with E-state index in [0.717, 1.165) is 5.69 Å². The molecule has 19 heavy (non-hydrogen) atoms. The third-order valence-electron chi connectivity index (χ3n) is 2.68. The van der Waals surface area contributed by atoms with Crippen LogP contribution in [-0.2, 0) is 0 Å². The Bertz CT molecular complexity index is 570. The molecule has 2 aromatic carbocycles. The third-order valence-corrected chi connectivity index (χ3v) is 2.68. The fourth-order valence-electron chi connectivity index (χ4n) is 1.69. The summed E-state index contributed by atoms with van der Waals surface area (Å²) in [7, 11) is 3.10. The number of methoxy groups -OCH3 is 2. The second-order valence-electron chi connectivity index (χ2n) is 3.93. The van der Waals surface area contributed by atoms with Crippen LogP contribution in [0.1, 0.15) is 0 Å². The van der Waals surface area contributed by atoms with Crippen molar-refractivity contribution in [3.05, 3.63) is 42.2 Å². The summed E-state index contributed by atoms with van der Waals surface area (Å²) in [5, 5.41) is 3.10. The van der Waals surface area contributed by atoms with Crippen LogP contribution in [-0.4, -0.2) is 14.2 Å². The molecule has 0 fully saturated rings. The highest BCUT2D eigenvalue weighted by Gasteiger charge is 2.09. The van der Waals surface area contributed by atoms with Crippen molar-refractivity contribution in [3.63, 3.8) is 0 Å². The maximum atomic E-state index is 12.8. The fraction of sp³-hybridized carbons (Fsp3) is 0.143. The standard InChI is InChI=1S/C14H15FN2O2/c1-18-13-7-11(16)12(8-14(13)19-2)17-10-5-3-9(15)4-6-10/h3-8,17H,16H2,1-2H3. The molecule has 0 aromatic heterocycles. The van der Waals surface area contributed by atoms with Crippen LogP contribution in [0.2, 0.25) is 0 Å². The minimum absolute atomic E-state index is 0.286. The minimum Gasteiger partial charge on any atom is -0.493 e. The smallest absolute Gasteiger partial charge is 0.162 e. The molecule has 0 aliphatic rings. The van der Waals surface area contributed by atoms with Crippen LogP contribution in [0.3, 0.4) is 0 Å². The molecule has 0 radical (unpaired) electrons. The summed E-state index contributed by atoms with van der Waals surface area (Å²) in [5.74, 6) is 0.844. The Morgan fingerprint density at radius 2 is 1.58 bits per heavy atom. The van der Waals surface area contributed by atoms with E-state index in [-0.39, 0.29) is 5.82 Å². The zero-order chi connectivity index (χ0) is 13.8. The van der Waals surface area contributed by atoms with Crippen LogP contribution in [0.25, 0.3) is 0 Å². The molecule has 0 heterocycles. The Kier molecular flexibility index (Phi) is 3.75. The average Bonchev–Trinajstić information content (AvgIpc) is 2.43. The van der Waals surface area contributed by atoms with Gasteiger partial charge in [0, 0.05) is 17.8 Å². The highest BCUT2D eigenvalue weighted by molar-refractivity contribution is 5.76. The number of anilines is 3. The van der Waals surface area contributed by atoms with E-state index in [2.05, 4.69) is 5.32 Å². The Morgan fingerprint density at radius 1 is 1.00 bits per heavy atom. The number of halogens is 1. The molecule has 0 spiro atoms. The molecule has 2 rings (SSSR count). The van der Waals surface area contributed by atoms with E-state index in [1.807, 2.05) is 0 Å². The van der Waals surface area contributed by atoms with Gasteiger partial charge >= 0.3 is 0 Å². The largest absolute Gasteiger partial charge is 0.493 e. The topological polar surface area (TPSA) is 56.5 Å². The van der Waals surface area contributed by atoms with Crippen LogP contribution in [0, 0.1) is 5.82 Å². The quantitative estimate of drug-likeness (QED) is 0.831. The molecule has 4 nitrogen and oxygen atoms in total. The van der Waals surface area contributed by atoms with Crippen molar-refractivity contribution in [1.29, 1.82) is 0 Å². The van der Waals surface area contributed by atoms with Gasteiger partial charge in [-0.2, -0.15) is 0 Å². The number of hydrogen-bond donors (Lipinski definition) is 2. The number of nitrogens with one attached hydrogen (secondary N) is 1. The van der Waals surface area contributed by atoms with Gasteiger partial charge in [-0.3, -0.25) is 0 Å². The molecule has 100 valence electrons. The van der Waals surface area contributed by atoms with Crippen LogP contribution in [0.4, 0.5) is 21.5 Å². The van der Waals surface area contributed by atoms with E-state index >= 15 is 0 Å². The molecule has 0 unspecified atom stereocenters. The van der Waals surface area contributed by atoms with E-state index in [1.54, 1.807) is 38.5 Å². The van der Waals surface area contributed by atoms with Gasteiger partial charge in [0.25, 0.3) is 0 Å². The molecule has 2 aromatic rings. The maximum absolute atomic E-state index is 12.8. The fourth-order valence-corrected chi connectivity index (χ4v) is 1.69. The first-order valence-electron chi connectivity index (χ1n) is 5.68. The van der Waals surface area contributed by atoms with Crippen molar-refractivity contribution in [2.75, 3.05) is 25.3 Å². The summed E-state index contributed by atoms with van der Waals surface area (Å²) in [6.07, 6.45) is 0. The summed E-state index contributed by atoms with van der Waals surface area (Å²) in [6, 6.07) is 9.41. The number of ether oxygens (including phenoxy) is 2. The zero-order valence-electron chi connectivity index (χ0n) is 10.7. The second-order valence-corrected chi connectivity index (χ2v) is 3.93. The van der Waals surface area contributed by atoms with Crippen molar-refractivity contribution in [2.45, 2.75) is 0 Å². The van der Waals surface area contributed by atoms with Crippen molar-refractivity contribution in [1.82, 2.24) is 0 Å². The van der Waals surface area contributed by atoms with Gasteiger partial charge in [-0.1, -0.05) is 0 Å². The summed E-state index contributed by atoms with van der Waals surface area (Å²) >= 11 is 0. The summed E-state index contributed by atoms with van der Waals surface area (Å²) in [5.41, 5.74) is 7.85. The lowest BCUT2D eigenvalue weighted by atomic mass is 10.2. The average molecular weight is 262 g/mol. The van der Waals surface area contributed by atoms with Crippen molar-refractivity contribution in [2.24, 2.45) is 0 Å². The molecule has 0 aliphatic carbocycles. The Morgan fingerprint density at radius 3 is 2.16 bits per heavy atom.